The first-order valence-electron chi connectivity index (χ1n) is 18.6. The molecule has 2 aromatic heterocycles. The molecular formula is C51H35NO2. The Hall–Kier alpha value is -6.84. The van der Waals surface area contributed by atoms with Gasteiger partial charge < -0.3 is 13.7 Å². The molecule has 0 amide bonds. The maximum absolute atomic E-state index is 6.90. The highest BCUT2D eigenvalue weighted by Gasteiger charge is 2.36. The van der Waals surface area contributed by atoms with Gasteiger partial charge in [0.2, 0.25) is 0 Å². The van der Waals surface area contributed by atoms with Crippen LogP contribution in [0.1, 0.15) is 25.0 Å². The molecule has 0 aliphatic heterocycles. The maximum atomic E-state index is 6.90. The lowest BCUT2D eigenvalue weighted by Gasteiger charge is -2.28. The molecule has 11 rings (SSSR count). The molecule has 2 heterocycles. The molecule has 0 unspecified atom stereocenters. The molecule has 1 aliphatic carbocycles. The number of nitrogens with zero attached hydrogens (tertiary/aromatic N) is 1. The second kappa shape index (κ2) is 11.6. The molecule has 0 radical (unpaired) electrons. The first-order valence-corrected chi connectivity index (χ1v) is 18.6. The van der Waals surface area contributed by atoms with Crippen LogP contribution in [-0.2, 0) is 5.41 Å². The first-order chi connectivity index (χ1) is 26.5. The molecule has 0 N–H and O–H groups in total. The summed E-state index contributed by atoms with van der Waals surface area (Å²) in [5.74, 6) is 0. The van der Waals surface area contributed by atoms with E-state index in [1.54, 1.807) is 0 Å². The van der Waals surface area contributed by atoms with Crippen LogP contribution < -0.4 is 4.90 Å². The number of anilines is 3. The molecule has 0 saturated carbocycles. The summed E-state index contributed by atoms with van der Waals surface area (Å²) in [6, 6.07) is 62.7. The Bertz CT molecular complexity index is 3060. The highest BCUT2D eigenvalue weighted by atomic mass is 16.3. The van der Waals surface area contributed by atoms with Crippen molar-refractivity contribution in [1.29, 1.82) is 0 Å². The van der Waals surface area contributed by atoms with Gasteiger partial charge in [-0.1, -0.05) is 147 Å². The van der Waals surface area contributed by atoms with Crippen LogP contribution >= 0.6 is 0 Å². The Labute approximate surface area is 313 Å². The average Bonchev–Trinajstić information content (AvgIpc) is 3.85. The first kappa shape index (κ1) is 30.8. The largest absolute Gasteiger partial charge is 0.455 e. The summed E-state index contributed by atoms with van der Waals surface area (Å²) in [7, 11) is 0. The Kier molecular flexibility index (Phi) is 6.60. The minimum atomic E-state index is -0.113. The van der Waals surface area contributed by atoms with Crippen LogP contribution in [0.4, 0.5) is 17.1 Å². The van der Waals surface area contributed by atoms with Gasteiger partial charge in [0.15, 0.2) is 5.58 Å². The summed E-state index contributed by atoms with van der Waals surface area (Å²) in [4.78, 5) is 2.33. The lowest BCUT2D eigenvalue weighted by atomic mass is 9.82. The maximum Gasteiger partial charge on any atom is 0.159 e. The van der Waals surface area contributed by atoms with Gasteiger partial charge in [0, 0.05) is 43.9 Å². The third-order valence-electron chi connectivity index (χ3n) is 11.5. The van der Waals surface area contributed by atoms with E-state index in [2.05, 4.69) is 189 Å². The minimum Gasteiger partial charge on any atom is -0.455 e. The van der Waals surface area contributed by atoms with Gasteiger partial charge in [0.1, 0.15) is 16.7 Å². The average molecular weight is 694 g/mol. The standard InChI is InChI=1S/C51H35NO2/c1-51(2)44-21-10-9-17-38(44)39-28-27-36(29-45(39)51)52(35-15-7-4-8-16-35)46-22-12-20-41-43-31-47-42(30-48(43)54-50(41)46)40-19-11-18-37(49(40)53-47)34-25-23-33(24-26-34)32-13-5-3-6-14-32/h3-31H,1-2H3. The van der Waals surface area contributed by atoms with Gasteiger partial charge in [-0.25, -0.2) is 0 Å². The smallest absolute Gasteiger partial charge is 0.159 e. The summed E-state index contributed by atoms with van der Waals surface area (Å²) >= 11 is 0. The third-order valence-corrected chi connectivity index (χ3v) is 11.5. The highest BCUT2D eigenvalue weighted by Crippen LogP contribution is 2.51. The number of furan rings is 2. The van der Waals surface area contributed by atoms with Gasteiger partial charge in [0.05, 0.1) is 5.69 Å². The molecule has 256 valence electrons. The Morgan fingerprint density at radius 2 is 0.963 bits per heavy atom. The molecule has 0 atom stereocenters. The summed E-state index contributed by atoms with van der Waals surface area (Å²) in [6.45, 7) is 4.66. The fourth-order valence-electron chi connectivity index (χ4n) is 8.78. The summed E-state index contributed by atoms with van der Waals surface area (Å²) in [5.41, 5.74) is 16.4. The van der Waals surface area contributed by atoms with Crippen molar-refractivity contribution in [2.24, 2.45) is 0 Å². The van der Waals surface area contributed by atoms with Crippen LogP contribution in [0.15, 0.2) is 185 Å². The Balaban J connectivity index is 1.05. The summed E-state index contributed by atoms with van der Waals surface area (Å²) < 4.78 is 13.6. The molecule has 0 spiro atoms. The third kappa shape index (κ3) is 4.55. The molecule has 54 heavy (non-hydrogen) atoms. The number of fused-ring (bicyclic) bond motifs is 9. The monoisotopic (exact) mass is 693 g/mol. The number of rotatable bonds is 5. The van der Waals surface area contributed by atoms with E-state index in [9.17, 15) is 0 Å². The fraction of sp³-hybridized carbons (Fsp3) is 0.0588. The number of benzene rings is 8. The van der Waals surface area contributed by atoms with Crippen LogP contribution in [0, 0.1) is 0 Å². The van der Waals surface area contributed by atoms with E-state index in [4.69, 9.17) is 8.83 Å². The molecule has 0 saturated heterocycles. The quantitative estimate of drug-likeness (QED) is 0.180. The van der Waals surface area contributed by atoms with Crippen LogP contribution in [-0.4, -0.2) is 0 Å². The number of para-hydroxylation sites is 3. The topological polar surface area (TPSA) is 29.5 Å². The fourth-order valence-corrected chi connectivity index (χ4v) is 8.78. The van der Waals surface area contributed by atoms with Crippen molar-refractivity contribution < 1.29 is 8.83 Å². The summed E-state index contributed by atoms with van der Waals surface area (Å²) in [6.07, 6.45) is 0. The zero-order valence-electron chi connectivity index (χ0n) is 30.0. The zero-order chi connectivity index (χ0) is 36.0. The molecule has 8 aromatic carbocycles. The second-order valence-electron chi connectivity index (χ2n) is 14.9. The van der Waals surface area contributed by atoms with E-state index < -0.39 is 0 Å². The van der Waals surface area contributed by atoms with Crippen molar-refractivity contribution in [1.82, 2.24) is 0 Å². The van der Waals surface area contributed by atoms with Crippen molar-refractivity contribution in [2.75, 3.05) is 4.90 Å². The van der Waals surface area contributed by atoms with Crippen molar-refractivity contribution in [3.63, 3.8) is 0 Å². The van der Waals surface area contributed by atoms with Crippen LogP contribution in [0.5, 0.6) is 0 Å². The van der Waals surface area contributed by atoms with E-state index in [0.717, 1.165) is 72.1 Å². The molecule has 0 fully saturated rings. The van der Waals surface area contributed by atoms with Crippen molar-refractivity contribution >= 4 is 60.9 Å². The lowest BCUT2D eigenvalue weighted by molar-refractivity contribution is 0.660. The lowest BCUT2D eigenvalue weighted by Crippen LogP contribution is -2.16. The molecule has 10 aromatic rings. The van der Waals surface area contributed by atoms with Crippen LogP contribution in [0.25, 0.3) is 77.3 Å². The van der Waals surface area contributed by atoms with Gasteiger partial charge in [-0.05, 0) is 81.4 Å². The van der Waals surface area contributed by atoms with E-state index in [0.29, 0.717) is 0 Å². The predicted octanol–water partition coefficient (Wildman–Crippen LogP) is 14.6. The van der Waals surface area contributed by atoms with Gasteiger partial charge >= 0.3 is 0 Å². The van der Waals surface area contributed by atoms with Gasteiger partial charge in [-0.15, -0.1) is 0 Å². The van der Waals surface area contributed by atoms with Crippen molar-refractivity contribution in [3.05, 3.63) is 187 Å². The van der Waals surface area contributed by atoms with Crippen molar-refractivity contribution in [3.8, 4) is 33.4 Å². The Morgan fingerprint density at radius 3 is 1.72 bits per heavy atom. The summed E-state index contributed by atoms with van der Waals surface area (Å²) in [5, 5.41) is 4.20. The van der Waals surface area contributed by atoms with Crippen LogP contribution in [0.3, 0.4) is 0 Å². The van der Waals surface area contributed by atoms with Gasteiger partial charge in [0.25, 0.3) is 0 Å². The van der Waals surface area contributed by atoms with Crippen molar-refractivity contribution in [2.45, 2.75) is 19.3 Å². The number of hydrogen-bond donors (Lipinski definition) is 0. The highest BCUT2D eigenvalue weighted by molar-refractivity contribution is 6.18. The van der Waals surface area contributed by atoms with Gasteiger partial charge in [-0.2, -0.15) is 0 Å². The SMILES string of the molecule is CC1(C)c2ccccc2-c2ccc(N(c3ccccc3)c3cccc4c3oc3cc5c(cc34)oc3c(-c4ccc(-c6ccccc6)cc4)cccc35)cc21. The normalized spacial score (nSPS) is 13.1. The van der Waals surface area contributed by atoms with Gasteiger partial charge in [-0.3, -0.25) is 0 Å². The molecule has 0 bridgehead atoms. The minimum absolute atomic E-state index is 0.113. The molecule has 1 aliphatic rings. The molecule has 3 heteroatoms. The van der Waals surface area contributed by atoms with E-state index in [1.165, 1.54) is 33.4 Å². The molecule has 3 nitrogen and oxygen atoms in total. The van der Waals surface area contributed by atoms with E-state index in [-0.39, 0.29) is 5.41 Å². The predicted molar refractivity (Wildman–Crippen MR) is 224 cm³/mol. The zero-order valence-corrected chi connectivity index (χ0v) is 30.0. The van der Waals surface area contributed by atoms with Crippen LogP contribution in [0.2, 0.25) is 0 Å². The Morgan fingerprint density at radius 1 is 0.389 bits per heavy atom. The van der Waals surface area contributed by atoms with E-state index >= 15 is 0 Å². The van der Waals surface area contributed by atoms with E-state index in [1.807, 2.05) is 6.07 Å². The molecular weight excluding hydrogens is 659 g/mol. The second-order valence-corrected chi connectivity index (χ2v) is 14.9. The number of hydrogen-bond acceptors (Lipinski definition) is 3.